The highest BCUT2D eigenvalue weighted by Gasteiger charge is 2.11. The van der Waals surface area contributed by atoms with Crippen LogP contribution in [-0.2, 0) is 0 Å². The molecule has 2 aromatic carbocycles. The topological polar surface area (TPSA) is 29.1 Å². The molecular weight excluding hydrogens is 412 g/mol. The molecule has 92 valence electrons. The van der Waals surface area contributed by atoms with Crippen molar-refractivity contribution in [3.8, 4) is 0 Å². The maximum Gasteiger partial charge on any atom is 0.256 e. The number of anilines is 1. The normalized spacial score (nSPS) is 10.2. The fourth-order valence-electron chi connectivity index (χ4n) is 1.43. The van der Waals surface area contributed by atoms with E-state index in [-0.39, 0.29) is 11.6 Å². The molecule has 2 aromatic rings. The maximum atomic E-state index is 13.6. The average molecular weight is 420 g/mol. The van der Waals surface area contributed by atoms with Gasteiger partial charge in [-0.05, 0) is 52.9 Å². The number of hydrogen-bond donors (Lipinski definition) is 1. The van der Waals surface area contributed by atoms with Crippen molar-refractivity contribution in [3.05, 3.63) is 61.9 Å². The molecule has 0 aromatic heterocycles. The summed E-state index contributed by atoms with van der Waals surface area (Å²) in [6.45, 7) is 0. The summed E-state index contributed by atoms with van der Waals surface area (Å²) in [5.74, 6) is -0.787. The van der Waals surface area contributed by atoms with Gasteiger partial charge in [-0.2, -0.15) is 0 Å². The fourth-order valence-corrected chi connectivity index (χ4v) is 2.39. The van der Waals surface area contributed by atoms with Gasteiger partial charge < -0.3 is 5.32 Å². The number of amides is 1. The van der Waals surface area contributed by atoms with Gasteiger partial charge in [0, 0.05) is 8.04 Å². The minimum absolute atomic E-state index is 0.169. The van der Waals surface area contributed by atoms with E-state index in [1.54, 1.807) is 18.2 Å². The van der Waals surface area contributed by atoms with Gasteiger partial charge in [-0.1, -0.05) is 28.1 Å². The zero-order chi connectivity index (χ0) is 13.1. The van der Waals surface area contributed by atoms with Crippen molar-refractivity contribution < 1.29 is 9.18 Å². The van der Waals surface area contributed by atoms with Crippen LogP contribution in [0.25, 0.3) is 0 Å². The van der Waals surface area contributed by atoms with Crippen LogP contribution in [0.3, 0.4) is 0 Å². The summed E-state index contributed by atoms with van der Waals surface area (Å²) in [4.78, 5) is 12.0. The molecule has 0 bridgehead atoms. The highest BCUT2D eigenvalue weighted by molar-refractivity contribution is 14.1. The van der Waals surface area contributed by atoms with Gasteiger partial charge in [0.15, 0.2) is 0 Å². The standard InChI is InChI=1S/C13H8BrFINO/c14-8-5-6-12(10(15)7-8)17-13(18)9-3-1-2-4-11(9)16/h1-7H,(H,17,18). The summed E-state index contributed by atoms with van der Waals surface area (Å²) in [7, 11) is 0. The van der Waals surface area contributed by atoms with Crippen LogP contribution >= 0.6 is 38.5 Å². The third kappa shape index (κ3) is 3.08. The monoisotopic (exact) mass is 419 g/mol. The van der Waals surface area contributed by atoms with Crippen molar-refractivity contribution in [3.63, 3.8) is 0 Å². The zero-order valence-electron chi connectivity index (χ0n) is 9.08. The largest absolute Gasteiger partial charge is 0.319 e. The number of nitrogens with one attached hydrogen (secondary N) is 1. The molecule has 5 heteroatoms. The quantitative estimate of drug-likeness (QED) is 0.716. The Labute approximate surface area is 126 Å². The summed E-state index contributed by atoms with van der Waals surface area (Å²) >= 11 is 5.24. The molecule has 18 heavy (non-hydrogen) atoms. The second kappa shape index (κ2) is 5.79. The maximum absolute atomic E-state index is 13.6. The first-order valence-electron chi connectivity index (χ1n) is 5.09. The number of hydrogen-bond acceptors (Lipinski definition) is 1. The summed E-state index contributed by atoms with van der Waals surface area (Å²) in [6, 6.07) is 11.7. The zero-order valence-corrected chi connectivity index (χ0v) is 12.8. The van der Waals surface area contributed by atoms with Crippen molar-refractivity contribution in [1.29, 1.82) is 0 Å². The SMILES string of the molecule is O=C(Nc1ccc(Br)cc1F)c1ccccc1I. The minimum Gasteiger partial charge on any atom is -0.319 e. The predicted octanol–water partition coefficient (Wildman–Crippen LogP) is 4.45. The summed E-state index contributed by atoms with van der Waals surface area (Å²) in [5, 5.41) is 2.55. The van der Waals surface area contributed by atoms with E-state index >= 15 is 0 Å². The van der Waals surface area contributed by atoms with Gasteiger partial charge in [0.25, 0.3) is 5.91 Å². The van der Waals surface area contributed by atoms with Gasteiger partial charge in [-0.25, -0.2) is 4.39 Å². The number of carbonyl (C=O) groups is 1. The van der Waals surface area contributed by atoms with Gasteiger partial charge in [0.2, 0.25) is 0 Å². The van der Waals surface area contributed by atoms with Crippen LogP contribution in [0.4, 0.5) is 10.1 Å². The van der Waals surface area contributed by atoms with Crippen LogP contribution in [0.15, 0.2) is 46.9 Å². The van der Waals surface area contributed by atoms with E-state index in [0.717, 1.165) is 3.57 Å². The van der Waals surface area contributed by atoms with E-state index in [9.17, 15) is 9.18 Å². The Kier molecular flexibility index (Phi) is 4.34. The van der Waals surface area contributed by atoms with E-state index in [4.69, 9.17) is 0 Å². The predicted molar refractivity (Wildman–Crippen MR) is 81.2 cm³/mol. The smallest absolute Gasteiger partial charge is 0.256 e. The lowest BCUT2D eigenvalue weighted by molar-refractivity contribution is 0.102. The summed E-state index contributed by atoms with van der Waals surface area (Å²) < 4.78 is 15.0. The third-order valence-electron chi connectivity index (χ3n) is 2.30. The molecule has 0 spiro atoms. The second-order valence-corrected chi connectivity index (χ2v) is 5.64. The number of benzene rings is 2. The average Bonchev–Trinajstić information content (AvgIpc) is 2.33. The molecule has 0 atom stereocenters. The van der Waals surface area contributed by atoms with Gasteiger partial charge >= 0.3 is 0 Å². The second-order valence-electron chi connectivity index (χ2n) is 3.56. The third-order valence-corrected chi connectivity index (χ3v) is 3.73. The van der Waals surface area contributed by atoms with Crippen LogP contribution < -0.4 is 5.32 Å². The van der Waals surface area contributed by atoms with Crippen molar-refractivity contribution in [1.82, 2.24) is 0 Å². The Morgan fingerprint density at radius 3 is 2.61 bits per heavy atom. The first kappa shape index (κ1) is 13.5. The van der Waals surface area contributed by atoms with Crippen molar-refractivity contribution in [2.24, 2.45) is 0 Å². The highest BCUT2D eigenvalue weighted by atomic mass is 127. The van der Waals surface area contributed by atoms with Crippen LogP contribution in [0.1, 0.15) is 10.4 Å². The Morgan fingerprint density at radius 1 is 1.22 bits per heavy atom. The molecule has 1 amide bonds. The van der Waals surface area contributed by atoms with E-state index in [1.807, 2.05) is 12.1 Å². The molecule has 0 radical (unpaired) electrons. The Hall–Kier alpha value is -0.950. The van der Waals surface area contributed by atoms with Gasteiger partial charge in [-0.15, -0.1) is 0 Å². The molecule has 0 unspecified atom stereocenters. The van der Waals surface area contributed by atoms with Gasteiger partial charge in [0.1, 0.15) is 5.82 Å². The lowest BCUT2D eigenvalue weighted by Gasteiger charge is -2.08. The summed E-state index contributed by atoms with van der Waals surface area (Å²) in [5.41, 5.74) is 0.697. The van der Waals surface area contributed by atoms with E-state index < -0.39 is 5.82 Å². The Morgan fingerprint density at radius 2 is 1.94 bits per heavy atom. The molecule has 2 nitrogen and oxygen atoms in total. The number of rotatable bonds is 2. The molecule has 0 fully saturated rings. The molecule has 2 rings (SSSR count). The summed E-state index contributed by atoms with van der Waals surface area (Å²) in [6.07, 6.45) is 0. The Bertz CT molecular complexity index is 603. The lowest BCUT2D eigenvalue weighted by atomic mass is 10.2. The molecule has 0 saturated carbocycles. The molecular formula is C13H8BrFINO. The molecule has 0 aliphatic heterocycles. The first-order chi connectivity index (χ1) is 8.58. The fraction of sp³-hybridized carbons (Fsp3) is 0. The molecule has 1 N–H and O–H groups in total. The number of carbonyl (C=O) groups excluding carboxylic acids is 1. The van der Waals surface area contributed by atoms with Gasteiger partial charge in [-0.3, -0.25) is 4.79 Å². The molecule has 0 saturated heterocycles. The van der Waals surface area contributed by atoms with Crippen molar-refractivity contribution >= 4 is 50.1 Å². The van der Waals surface area contributed by atoms with Crippen molar-refractivity contribution in [2.75, 3.05) is 5.32 Å². The first-order valence-corrected chi connectivity index (χ1v) is 6.96. The van der Waals surface area contributed by atoms with E-state index in [0.29, 0.717) is 10.0 Å². The van der Waals surface area contributed by atoms with Crippen LogP contribution in [0.2, 0.25) is 0 Å². The van der Waals surface area contributed by atoms with Crippen molar-refractivity contribution in [2.45, 2.75) is 0 Å². The molecule has 0 aliphatic carbocycles. The molecule has 0 heterocycles. The van der Waals surface area contributed by atoms with E-state index in [2.05, 4.69) is 43.8 Å². The lowest BCUT2D eigenvalue weighted by Crippen LogP contribution is -2.14. The van der Waals surface area contributed by atoms with Crippen LogP contribution in [0.5, 0.6) is 0 Å². The Balaban J connectivity index is 2.24. The molecule has 0 aliphatic rings. The van der Waals surface area contributed by atoms with Gasteiger partial charge in [0.05, 0.1) is 11.3 Å². The van der Waals surface area contributed by atoms with Crippen LogP contribution in [-0.4, -0.2) is 5.91 Å². The minimum atomic E-state index is -0.469. The number of halogens is 3. The van der Waals surface area contributed by atoms with E-state index in [1.165, 1.54) is 12.1 Å². The highest BCUT2D eigenvalue weighted by Crippen LogP contribution is 2.21. The van der Waals surface area contributed by atoms with Crippen LogP contribution in [0, 0.1) is 9.39 Å².